The first-order valence-corrected chi connectivity index (χ1v) is 5.88. The van der Waals surface area contributed by atoms with Gasteiger partial charge in [0.1, 0.15) is 5.82 Å². The average Bonchev–Trinajstić information content (AvgIpc) is 2.58. The van der Waals surface area contributed by atoms with Crippen molar-refractivity contribution < 1.29 is 0 Å². The van der Waals surface area contributed by atoms with Crippen LogP contribution >= 0.6 is 0 Å². The predicted octanol–water partition coefficient (Wildman–Crippen LogP) is 4.62. The van der Waals surface area contributed by atoms with Crippen molar-refractivity contribution in [3.05, 3.63) is 29.6 Å². The number of aromatic amines is 1. The summed E-state index contributed by atoms with van der Waals surface area (Å²) < 4.78 is 0. The number of fused-ring (bicyclic) bond motifs is 1. The topological polar surface area (TPSA) is 28.7 Å². The van der Waals surface area contributed by atoms with E-state index in [2.05, 4.69) is 62.8 Å². The van der Waals surface area contributed by atoms with Crippen LogP contribution in [-0.4, -0.2) is 9.97 Å². The molecule has 0 bridgehead atoms. The summed E-state index contributed by atoms with van der Waals surface area (Å²) >= 11 is 0. The Labute approximate surface area is 104 Å². The Morgan fingerprint density at radius 2 is 1.82 bits per heavy atom. The Balaban J connectivity index is 0.00000144. The molecule has 1 N–H and O–H groups in total. The fourth-order valence-electron chi connectivity index (χ4n) is 1.74. The second-order valence-corrected chi connectivity index (χ2v) is 5.77. The summed E-state index contributed by atoms with van der Waals surface area (Å²) in [6.07, 6.45) is 0. The average molecular weight is 232 g/mol. The molecular formula is C15H24N2. The van der Waals surface area contributed by atoms with Gasteiger partial charge in [0.05, 0.1) is 11.0 Å². The van der Waals surface area contributed by atoms with Crippen molar-refractivity contribution in [3.8, 4) is 0 Å². The summed E-state index contributed by atoms with van der Waals surface area (Å²) in [5.74, 6) is 1.62. The van der Waals surface area contributed by atoms with Crippen LogP contribution in [-0.2, 0) is 5.41 Å². The predicted molar refractivity (Wildman–Crippen MR) is 75.6 cm³/mol. The van der Waals surface area contributed by atoms with Gasteiger partial charge >= 0.3 is 0 Å². The van der Waals surface area contributed by atoms with Gasteiger partial charge in [-0.3, -0.25) is 0 Å². The van der Waals surface area contributed by atoms with Crippen LogP contribution in [0.3, 0.4) is 0 Å². The first-order chi connectivity index (χ1) is 7.38. The number of nitrogens with one attached hydrogen (secondary N) is 1. The third-order valence-electron chi connectivity index (χ3n) is 2.88. The van der Waals surface area contributed by atoms with E-state index in [1.807, 2.05) is 0 Å². The van der Waals surface area contributed by atoms with Crippen molar-refractivity contribution in [1.29, 1.82) is 0 Å². The normalized spacial score (nSPS) is 11.9. The van der Waals surface area contributed by atoms with E-state index < -0.39 is 0 Å². The maximum atomic E-state index is 4.63. The van der Waals surface area contributed by atoms with Gasteiger partial charge in [0.25, 0.3) is 0 Å². The zero-order valence-electron chi connectivity index (χ0n) is 10.8. The number of rotatable bonds is 1. The molecule has 1 aromatic carbocycles. The molecule has 0 aliphatic heterocycles. The van der Waals surface area contributed by atoms with Crippen LogP contribution in [0.4, 0.5) is 0 Å². The summed E-state index contributed by atoms with van der Waals surface area (Å²) in [4.78, 5) is 8.05. The molecule has 1 aromatic heterocycles. The molecule has 2 nitrogen and oxygen atoms in total. The second kappa shape index (κ2) is 4.52. The summed E-state index contributed by atoms with van der Waals surface area (Å²) in [7, 11) is 0. The van der Waals surface area contributed by atoms with E-state index in [4.69, 9.17) is 0 Å². The van der Waals surface area contributed by atoms with Crippen LogP contribution in [0.2, 0.25) is 0 Å². The molecule has 0 saturated heterocycles. The molecule has 0 aliphatic carbocycles. The number of imidazole rings is 1. The first kappa shape index (κ1) is 13.8. The summed E-state index contributed by atoms with van der Waals surface area (Å²) in [6, 6.07) is 6.49. The fraction of sp³-hybridized carbons (Fsp3) is 0.533. The molecule has 1 heterocycles. The van der Waals surface area contributed by atoms with Crippen molar-refractivity contribution in [2.45, 2.75) is 53.4 Å². The lowest BCUT2D eigenvalue weighted by Crippen LogP contribution is -2.12. The number of hydrogen-bond acceptors (Lipinski definition) is 1. The highest BCUT2D eigenvalue weighted by Gasteiger charge is 2.18. The summed E-state index contributed by atoms with van der Waals surface area (Å²) in [5.41, 5.74) is 3.65. The number of hydrogen-bond donors (Lipinski definition) is 1. The quantitative estimate of drug-likeness (QED) is 0.763. The van der Waals surface area contributed by atoms with Gasteiger partial charge in [-0.25, -0.2) is 4.98 Å². The SMILES string of the molecule is C.CC(C)c1ccc2nc(C(C)(C)C)[nH]c2c1. The maximum absolute atomic E-state index is 4.63. The van der Waals surface area contributed by atoms with Gasteiger partial charge in [0.15, 0.2) is 0 Å². The standard InChI is InChI=1S/C14H20N2.CH4/c1-9(2)10-6-7-11-12(8-10)16-13(15-11)14(3,4)5;/h6-9H,1-5H3,(H,15,16);1H4. The zero-order chi connectivity index (χ0) is 11.9. The zero-order valence-corrected chi connectivity index (χ0v) is 10.8. The Kier molecular flexibility index (Phi) is 3.65. The van der Waals surface area contributed by atoms with Crippen LogP contribution in [0.15, 0.2) is 18.2 Å². The summed E-state index contributed by atoms with van der Waals surface area (Å²) in [6.45, 7) is 10.9. The molecule has 0 fully saturated rings. The smallest absolute Gasteiger partial charge is 0.112 e. The largest absolute Gasteiger partial charge is 0.342 e. The minimum absolute atomic E-state index is 0. The molecule has 0 aliphatic rings. The minimum atomic E-state index is 0. The lowest BCUT2D eigenvalue weighted by atomic mass is 9.96. The molecule has 0 radical (unpaired) electrons. The second-order valence-electron chi connectivity index (χ2n) is 5.77. The van der Waals surface area contributed by atoms with Crippen molar-refractivity contribution in [2.24, 2.45) is 0 Å². The highest BCUT2D eigenvalue weighted by molar-refractivity contribution is 5.76. The van der Waals surface area contributed by atoms with Crippen LogP contribution in [0, 0.1) is 0 Å². The summed E-state index contributed by atoms with van der Waals surface area (Å²) in [5, 5.41) is 0. The Bertz CT molecular complexity index is 501. The molecule has 0 saturated carbocycles. The van der Waals surface area contributed by atoms with Crippen LogP contribution in [0.1, 0.15) is 59.4 Å². The molecule has 2 heteroatoms. The lowest BCUT2D eigenvalue weighted by molar-refractivity contribution is 0.554. The van der Waals surface area contributed by atoms with Crippen molar-refractivity contribution in [3.63, 3.8) is 0 Å². The molecule has 2 rings (SSSR count). The van der Waals surface area contributed by atoms with Gasteiger partial charge in [-0.2, -0.15) is 0 Å². The van der Waals surface area contributed by atoms with Gasteiger partial charge in [-0.1, -0.05) is 48.1 Å². The Morgan fingerprint density at radius 3 is 2.35 bits per heavy atom. The molecule has 0 unspecified atom stereocenters. The highest BCUT2D eigenvalue weighted by atomic mass is 14.9. The number of nitrogens with zero attached hydrogens (tertiary/aromatic N) is 1. The van der Waals surface area contributed by atoms with Crippen LogP contribution in [0.5, 0.6) is 0 Å². The van der Waals surface area contributed by atoms with Crippen molar-refractivity contribution in [2.75, 3.05) is 0 Å². The van der Waals surface area contributed by atoms with Gasteiger partial charge in [-0.15, -0.1) is 0 Å². The molecule has 0 spiro atoms. The highest BCUT2D eigenvalue weighted by Crippen LogP contribution is 2.24. The van der Waals surface area contributed by atoms with Gasteiger partial charge in [0, 0.05) is 5.41 Å². The molecular weight excluding hydrogens is 208 g/mol. The van der Waals surface area contributed by atoms with E-state index in [1.165, 1.54) is 5.56 Å². The minimum Gasteiger partial charge on any atom is -0.342 e. The number of aromatic nitrogens is 2. The molecule has 0 atom stereocenters. The number of benzene rings is 1. The third kappa shape index (κ3) is 2.68. The lowest BCUT2D eigenvalue weighted by Gasteiger charge is -2.13. The van der Waals surface area contributed by atoms with Crippen LogP contribution in [0.25, 0.3) is 11.0 Å². The van der Waals surface area contributed by atoms with Crippen molar-refractivity contribution in [1.82, 2.24) is 9.97 Å². The monoisotopic (exact) mass is 232 g/mol. The maximum Gasteiger partial charge on any atom is 0.112 e. The molecule has 94 valence electrons. The van der Waals surface area contributed by atoms with Gasteiger partial charge in [0.2, 0.25) is 0 Å². The first-order valence-electron chi connectivity index (χ1n) is 5.88. The van der Waals surface area contributed by atoms with E-state index in [9.17, 15) is 0 Å². The molecule has 0 amide bonds. The fourth-order valence-corrected chi connectivity index (χ4v) is 1.74. The van der Waals surface area contributed by atoms with E-state index >= 15 is 0 Å². The van der Waals surface area contributed by atoms with E-state index in [0.717, 1.165) is 16.9 Å². The van der Waals surface area contributed by atoms with Crippen molar-refractivity contribution >= 4 is 11.0 Å². The van der Waals surface area contributed by atoms with E-state index in [0.29, 0.717) is 5.92 Å². The van der Waals surface area contributed by atoms with E-state index in [1.54, 1.807) is 0 Å². The van der Waals surface area contributed by atoms with Gasteiger partial charge in [-0.05, 0) is 23.6 Å². The Hall–Kier alpha value is -1.31. The Morgan fingerprint density at radius 1 is 1.18 bits per heavy atom. The molecule has 2 aromatic rings. The number of H-pyrrole nitrogens is 1. The molecule has 17 heavy (non-hydrogen) atoms. The van der Waals surface area contributed by atoms with Gasteiger partial charge < -0.3 is 4.98 Å². The third-order valence-corrected chi connectivity index (χ3v) is 2.88. The van der Waals surface area contributed by atoms with Crippen LogP contribution < -0.4 is 0 Å². The van der Waals surface area contributed by atoms with E-state index in [-0.39, 0.29) is 12.8 Å².